The predicted molar refractivity (Wildman–Crippen MR) is 68.1 cm³/mol. The molecule has 0 amide bonds. The molecule has 0 spiro atoms. The van der Waals surface area contributed by atoms with Crippen molar-refractivity contribution in [3.05, 3.63) is 42.7 Å². The minimum absolute atomic E-state index is 0.0555. The predicted octanol–water partition coefficient (Wildman–Crippen LogP) is 1.67. The maximum Gasteiger partial charge on any atom is 0.318 e. The van der Waals surface area contributed by atoms with Crippen LogP contribution in [0.15, 0.2) is 52.0 Å². The first kappa shape index (κ1) is 10.5. The van der Waals surface area contributed by atoms with Gasteiger partial charge >= 0.3 is 6.02 Å². The summed E-state index contributed by atoms with van der Waals surface area (Å²) in [4.78, 5) is 5.60. The number of fused-ring (bicyclic) bond motifs is 5. The highest BCUT2D eigenvalue weighted by Gasteiger charge is 2.38. The highest BCUT2D eigenvalue weighted by Crippen LogP contribution is 2.44. The second kappa shape index (κ2) is 3.33. The molecule has 6 nitrogen and oxygen atoms in total. The second-order valence-electron chi connectivity index (χ2n) is 4.10. The van der Waals surface area contributed by atoms with Crippen LogP contribution < -0.4 is 9.64 Å². The van der Waals surface area contributed by atoms with Crippen LogP contribution in [0.4, 0.5) is 11.4 Å². The fourth-order valence-electron chi connectivity index (χ4n) is 2.18. The summed E-state index contributed by atoms with van der Waals surface area (Å²) in [6, 6.07) is 8.98. The number of benzene rings is 1. The third-order valence-electron chi connectivity index (χ3n) is 2.98. The number of sulfonamides is 1. The highest BCUT2D eigenvalue weighted by molar-refractivity contribution is 7.90. The van der Waals surface area contributed by atoms with Crippen molar-refractivity contribution in [2.45, 2.75) is 4.90 Å². The van der Waals surface area contributed by atoms with Gasteiger partial charge in [-0.2, -0.15) is 8.42 Å². The lowest BCUT2D eigenvalue weighted by molar-refractivity contribution is 0.560. The van der Waals surface area contributed by atoms with Crippen LogP contribution in [0.5, 0.6) is 5.75 Å². The molecule has 94 valence electrons. The number of ether oxygens (including phenoxy) is 1. The molecule has 19 heavy (non-hydrogen) atoms. The highest BCUT2D eigenvalue weighted by atomic mass is 32.2. The minimum Gasteiger partial charge on any atom is -0.422 e. The molecule has 0 atom stereocenters. The van der Waals surface area contributed by atoms with Gasteiger partial charge in [0.15, 0.2) is 5.75 Å². The molecule has 2 aromatic rings. The van der Waals surface area contributed by atoms with E-state index in [2.05, 4.69) is 9.38 Å². The molecule has 1 aromatic carbocycles. The summed E-state index contributed by atoms with van der Waals surface area (Å²) in [6.45, 7) is 0. The number of amidine groups is 1. The SMILES string of the molecule is O=S1(=O)N=C2Oc3ccccc3N2c2ccncc21. The zero-order valence-corrected chi connectivity index (χ0v) is 10.3. The smallest absolute Gasteiger partial charge is 0.318 e. The Kier molecular flexibility index (Phi) is 1.84. The average molecular weight is 273 g/mol. The van der Waals surface area contributed by atoms with Crippen molar-refractivity contribution in [3.63, 3.8) is 0 Å². The number of rotatable bonds is 0. The summed E-state index contributed by atoms with van der Waals surface area (Å²) >= 11 is 0. The lowest BCUT2D eigenvalue weighted by Gasteiger charge is -2.22. The third-order valence-corrected chi connectivity index (χ3v) is 4.25. The molecule has 0 bridgehead atoms. The van der Waals surface area contributed by atoms with E-state index in [1.165, 1.54) is 12.4 Å². The Morgan fingerprint density at radius 1 is 1.11 bits per heavy atom. The van der Waals surface area contributed by atoms with E-state index in [0.29, 0.717) is 11.4 Å². The number of nitrogens with zero attached hydrogens (tertiary/aromatic N) is 3. The Bertz CT molecular complexity index is 830. The number of hydrogen-bond acceptors (Lipinski definition) is 5. The van der Waals surface area contributed by atoms with E-state index in [-0.39, 0.29) is 10.9 Å². The first-order valence-electron chi connectivity index (χ1n) is 5.53. The van der Waals surface area contributed by atoms with Gasteiger partial charge in [-0.05, 0) is 18.2 Å². The summed E-state index contributed by atoms with van der Waals surface area (Å²) in [6.07, 6.45) is 2.84. The Morgan fingerprint density at radius 3 is 2.84 bits per heavy atom. The van der Waals surface area contributed by atoms with E-state index < -0.39 is 10.0 Å². The van der Waals surface area contributed by atoms with Gasteiger partial charge in [0.2, 0.25) is 0 Å². The van der Waals surface area contributed by atoms with Crippen LogP contribution in [-0.4, -0.2) is 19.4 Å². The molecule has 4 rings (SSSR count). The average Bonchev–Trinajstić information content (AvgIpc) is 2.76. The van der Waals surface area contributed by atoms with E-state index in [1.807, 2.05) is 18.2 Å². The number of hydrogen-bond donors (Lipinski definition) is 0. The van der Waals surface area contributed by atoms with Crippen molar-refractivity contribution in [1.29, 1.82) is 0 Å². The summed E-state index contributed by atoms with van der Waals surface area (Å²) in [7, 11) is -3.76. The first-order chi connectivity index (χ1) is 9.17. The Morgan fingerprint density at radius 2 is 1.95 bits per heavy atom. The largest absolute Gasteiger partial charge is 0.422 e. The molecule has 2 aliphatic rings. The van der Waals surface area contributed by atoms with Gasteiger partial charge in [-0.25, -0.2) is 0 Å². The van der Waals surface area contributed by atoms with Crippen LogP contribution in [0.2, 0.25) is 0 Å². The van der Waals surface area contributed by atoms with Gasteiger partial charge in [0.1, 0.15) is 4.90 Å². The topological polar surface area (TPSA) is 71.9 Å². The van der Waals surface area contributed by atoms with Crippen molar-refractivity contribution in [2.24, 2.45) is 4.40 Å². The maximum atomic E-state index is 12.0. The number of para-hydroxylation sites is 2. The lowest BCUT2D eigenvalue weighted by atomic mass is 10.2. The van der Waals surface area contributed by atoms with E-state index in [4.69, 9.17) is 4.74 Å². The maximum absolute atomic E-state index is 12.0. The Labute approximate surface area is 109 Å². The van der Waals surface area contributed by atoms with Gasteiger partial charge in [0, 0.05) is 12.4 Å². The van der Waals surface area contributed by atoms with Crippen molar-refractivity contribution in [2.75, 3.05) is 4.90 Å². The Balaban J connectivity index is 2.07. The summed E-state index contributed by atoms with van der Waals surface area (Å²) in [5.74, 6) is 0.584. The fourth-order valence-corrected chi connectivity index (χ4v) is 3.22. The van der Waals surface area contributed by atoms with Crippen molar-refractivity contribution in [3.8, 4) is 5.75 Å². The molecule has 0 radical (unpaired) electrons. The van der Waals surface area contributed by atoms with E-state index >= 15 is 0 Å². The van der Waals surface area contributed by atoms with Gasteiger partial charge in [0.05, 0.1) is 11.4 Å². The summed E-state index contributed by atoms with van der Waals surface area (Å²) < 4.78 is 33.2. The fraction of sp³-hybridized carbons (Fsp3) is 0. The number of anilines is 2. The van der Waals surface area contributed by atoms with Crippen LogP contribution in [0.25, 0.3) is 0 Å². The summed E-state index contributed by atoms with van der Waals surface area (Å²) in [5, 5.41) is 0. The van der Waals surface area contributed by atoms with E-state index in [9.17, 15) is 8.42 Å². The molecule has 0 saturated carbocycles. The van der Waals surface area contributed by atoms with Gasteiger partial charge < -0.3 is 4.74 Å². The molecule has 0 unspecified atom stereocenters. The molecule has 0 saturated heterocycles. The lowest BCUT2D eigenvalue weighted by Crippen LogP contribution is -2.30. The number of aromatic nitrogens is 1. The zero-order chi connectivity index (χ0) is 13.0. The van der Waals surface area contributed by atoms with E-state index in [1.54, 1.807) is 17.0 Å². The van der Waals surface area contributed by atoms with Crippen LogP contribution in [0, 0.1) is 0 Å². The van der Waals surface area contributed by atoms with Crippen LogP contribution in [0.1, 0.15) is 0 Å². The molecular formula is C12H7N3O3S. The molecule has 0 aliphatic carbocycles. The third kappa shape index (κ3) is 1.33. The van der Waals surface area contributed by atoms with Gasteiger partial charge in [-0.15, -0.1) is 4.40 Å². The molecule has 2 aliphatic heterocycles. The first-order valence-corrected chi connectivity index (χ1v) is 6.97. The number of pyridine rings is 1. The zero-order valence-electron chi connectivity index (χ0n) is 9.52. The Hall–Kier alpha value is -2.41. The van der Waals surface area contributed by atoms with Gasteiger partial charge in [-0.1, -0.05) is 12.1 Å². The normalized spacial score (nSPS) is 17.9. The minimum atomic E-state index is -3.76. The molecule has 0 N–H and O–H groups in total. The molecule has 7 heteroatoms. The van der Waals surface area contributed by atoms with E-state index in [0.717, 1.165) is 5.69 Å². The summed E-state index contributed by atoms with van der Waals surface area (Å²) in [5.41, 5.74) is 1.27. The van der Waals surface area contributed by atoms with Gasteiger partial charge in [0.25, 0.3) is 10.0 Å². The quantitative estimate of drug-likeness (QED) is 0.730. The molecular weight excluding hydrogens is 266 g/mol. The molecule has 3 heterocycles. The van der Waals surface area contributed by atoms with Crippen LogP contribution in [-0.2, 0) is 10.0 Å². The molecule has 1 aromatic heterocycles. The second-order valence-corrected chi connectivity index (χ2v) is 5.67. The standard InChI is InChI=1S/C12H7N3O3S/c16-19(17)11-7-13-6-5-9(11)15-8-3-1-2-4-10(8)18-12(15)14-19/h1-7H. The van der Waals surface area contributed by atoms with Crippen molar-refractivity contribution >= 4 is 27.4 Å². The molecule has 0 fully saturated rings. The van der Waals surface area contributed by atoms with Gasteiger partial charge in [-0.3, -0.25) is 9.88 Å². The van der Waals surface area contributed by atoms with Crippen LogP contribution in [0.3, 0.4) is 0 Å². The monoisotopic (exact) mass is 273 g/mol. The van der Waals surface area contributed by atoms with Crippen molar-refractivity contribution in [1.82, 2.24) is 4.98 Å². The van der Waals surface area contributed by atoms with Crippen molar-refractivity contribution < 1.29 is 13.2 Å². The van der Waals surface area contributed by atoms with Crippen LogP contribution >= 0.6 is 0 Å².